The number of rotatable bonds is 3. The molecule has 5 nitrogen and oxygen atoms in total. The van der Waals surface area contributed by atoms with Crippen LogP contribution in [0.2, 0.25) is 5.02 Å². The SMILES string of the molecule is O=C1/C(=C\c2ccc(Cl)c([N+](=O)[O-])c2)SC(=S)N1c1ccccc1. The maximum atomic E-state index is 12.6. The van der Waals surface area contributed by atoms with Crippen LogP contribution in [0.15, 0.2) is 53.4 Å². The first-order chi connectivity index (χ1) is 11.5. The fourth-order valence-electron chi connectivity index (χ4n) is 2.18. The Kier molecular flexibility index (Phi) is 4.66. The maximum Gasteiger partial charge on any atom is 0.288 e. The Morgan fingerprint density at radius 1 is 1.21 bits per heavy atom. The van der Waals surface area contributed by atoms with Gasteiger partial charge in [0.05, 0.1) is 15.5 Å². The predicted molar refractivity (Wildman–Crippen MR) is 100 cm³/mol. The molecule has 0 aromatic heterocycles. The highest BCUT2D eigenvalue weighted by Gasteiger charge is 2.33. The Hall–Kier alpha value is -2.22. The van der Waals surface area contributed by atoms with Gasteiger partial charge in [0, 0.05) is 6.07 Å². The van der Waals surface area contributed by atoms with Crippen molar-refractivity contribution in [2.24, 2.45) is 0 Å². The zero-order valence-corrected chi connectivity index (χ0v) is 14.4. The number of nitro groups is 1. The molecule has 0 radical (unpaired) electrons. The minimum Gasteiger partial charge on any atom is -0.268 e. The number of carbonyl (C=O) groups excluding carboxylic acids is 1. The van der Waals surface area contributed by atoms with Crippen LogP contribution < -0.4 is 4.90 Å². The number of carbonyl (C=O) groups is 1. The van der Waals surface area contributed by atoms with Crippen LogP contribution in [-0.2, 0) is 4.79 Å². The molecule has 0 unspecified atom stereocenters. The van der Waals surface area contributed by atoms with Crippen molar-refractivity contribution in [1.82, 2.24) is 0 Å². The van der Waals surface area contributed by atoms with E-state index in [9.17, 15) is 14.9 Å². The van der Waals surface area contributed by atoms with E-state index >= 15 is 0 Å². The first-order valence-electron chi connectivity index (χ1n) is 6.74. The summed E-state index contributed by atoms with van der Waals surface area (Å²) in [5.41, 5.74) is 0.995. The second-order valence-corrected chi connectivity index (χ2v) is 6.90. The molecule has 1 aliphatic heterocycles. The van der Waals surface area contributed by atoms with Crippen LogP contribution in [0, 0.1) is 10.1 Å². The number of nitrogens with zero attached hydrogens (tertiary/aromatic N) is 2. The monoisotopic (exact) mass is 376 g/mol. The summed E-state index contributed by atoms with van der Waals surface area (Å²) < 4.78 is 0.418. The second-order valence-electron chi connectivity index (χ2n) is 4.82. The fraction of sp³-hybridized carbons (Fsp3) is 0. The standard InChI is InChI=1S/C16H9ClN2O3S2/c17-12-7-6-10(8-13(12)19(21)22)9-14-15(20)18(16(23)24-14)11-4-2-1-3-5-11/h1-9H/b14-9+. The molecule has 2 aromatic carbocycles. The summed E-state index contributed by atoms with van der Waals surface area (Å²) in [6, 6.07) is 13.5. The molecule has 1 heterocycles. The van der Waals surface area contributed by atoms with Gasteiger partial charge in [-0.2, -0.15) is 0 Å². The third-order valence-electron chi connectivity index (χ3n) is 3.27. The van der Waals surface area contributed by atoms with Gasteiger partial charge >= 0.3 is 0 Å². The predicted octanol–water partition coefficient (Wildman–Crippen LogP) is 4.65. The number of amides is 1. The molecule has 0 spiro atoms. The van der Waals surface area contributed by atoms with Gasteiger partial charge in [-0.25, -0.2) is 0 Å². The number of hydrogen-bond donors (Lipinski definition) is 0. The Morgan fingerprint density at radius 2 is 1.92 bits per heavy atom. The quantitative estimate of drug-likeness (QED) is 0.337. The van der Waals surface area contributed by atoms with Gasteiger partial charge in [0.15, 0.2) is 4.32 Å². The highest BCUT2D eigenvalue weighted by molar-refractivity contribution is 8.27. The highest BCUT2D eigenvalue weighted by atomic mass is 35.5. The third-order valence-corrected chi connectivity index (χ3v) is 4.89. The molecule has 0 atom stereocenters. The second kappa shape index (κ2) is 6.72. The van der Waals surface area contributed by atoms with E-state index in [-0.39, 0.29) is 16.6 Å². The molecular weight excluding hydrogens is 368 g/mol. The molecule has 1 fully saturated rings. The molecule has 120 valence electrons. The lowest BCUT2D eigenvalue weighted by atomic mass is 10.2. The first kappa shape index (κ1) is 16.6. The van der Waals surface area contributed by atoms with Crippen LogP contribution in [0.3, 0.4) is 0 Å². The summed E-state index contributed by atoms with van der Waals surface area (Å²) in [6.45, 7) is 0. The summed E-state index contributed by atoms with van der Waals surface area (Å²) in [5.74, 6) is -0.256. The van der Waals surface area contributed by atoms with Crippen LogP contribution in [0.4, 0.5) is 11.4 Å². The molecule has 24 heavy (non-hydrogen) atoms. The Labute approximate surface area is 152 Å². The van der Waals surface area contributed by atoms with Gasteiger partial charge in [0.1, 0.15) is 5.02 Å². The number of thiocarbonyl (C=S) groups is 1. The van der Waals surface area contributed by atoms with Crippen LogP contribution in [0.25, 0.3) is 6.08 Å². The molecule has 0 bridgehead atoms. The summed E-state index contributed by atoms with van der Waals surface area (Å²) in [7, 11) is 0. The van der Waals surface area contributed by atoms with Crippen LogP contribution in [0.1, 0.15) is 5.56 Å². The van der Waals surface area contributed by atoms with E-state index in [2.05, 4.69) is 0 Å². The van der Waals surface area contributed by atoms with E-state index in [0.717, 1.165) is 11.8 Å². The largest absolute Gasteiger partial charge is 0.288 e. The number of nitro benzene ring substituents is 1. The summed E-state index contributed by atoms with van der Waals surface area (Å²) >= 11 is 12.2. The fourth-order valence-corrected chi connectivity index (χ4v) is 3.66. The van der Waals surface area contributed by atoms with E-state index in [1.54, 1.807) is 24.3 Å². The normalized spacial score (nSPS) is 16.0. The van der Waals surface area contributed by atoms with Gasteiger partial charge in [-0.3, -0.25) is 19.8 Å². The lowest BCUT2D eigenvalue weighted by molar-refractivity contribution is -0.384. The van der Waals surface area contributed by atoms with Gasteiger partial charge < -0.3 is 0 Å². The van der Waals surface area contributed by atoms with Crippen LogP contribution >= 0.6 is 35.6 Å². The van der Waals surface area contributed by atoms with Crippen LogP contribution in [0.5, 0.6) is 0 Å². The number of benzene rings is 2. The minimum atomic E-state index is -0.561. The van der Waals surface area contributed by atoms with E-state index in [1.165, 1.54) is 17.0 Å². The van der Waals surface area contributed by atoms with Gasteiger partial charge in [-0.05, 0) is 29.8 Å². The molecule has 1 aliphatic rings. The maximum absolute atomic E-state index is 12.6. The Bertz CT molecular complexity index is 884. The molecule has 0 N–H and O–H groups in total. The van der Waals surface area contributed by atoms with E-state index in [0.29, 0.717) is 20.5 Å². The average Bonchev–Trinajstić information content (AvgIpc) is 2.83. The molecule has 1 saturated heterocycles. The summed E-state index contributed by atoms with van der Waals surface area (Å²) in [5, 5.41) is 11.0. The number of hydrogen-bond acceptors (Lipinski definition) is 5. The van der Waals surface area contributed by atoms with Gasteiger partial charge in [-0.1, -0.05) is 59.8 Å². The zero-order valence-electron chi connectivity index (χ0n) is 12.0. The third kappa shape index (κ3) is 3.19. The smallest absolute Gasteiger partial charge is 0.268 e. The number of anilines is 1. The number of thioether (sulfide) groups is 1. The van der Waals surface area contributed by atoms with Crippen molar-refractivity contribution in [1.29, 1.82) is 0 Å². The van der Waals surface area contributed by atoms with Crippen molar-refractivity contribution in [3.63, 3.8) is 0 Å². The first-order valence-corrected chi connectivity index (χ1v) is 8.34. The molecule has 3 rings (SSSR count). The van der Waals surface area contributed by atoms with Crippen molar-refractivity contribution in [2.45, 2.75) is 0 Å². The lowest BCUT2D eigenvalue weighted by Crippen LogP contribution is -2.27. The average molecular weight is 377 g/mol. The molecule has 0 saturated carbocycles. The topological polar surface area (TPSA) is 63.4 Å². The molecule has 8 heteroatoms. The van der Waals surface area contributed by atoms with Crippen LogP contribution in [-0.4, -0.2) is 15.2 Å². The summed E-state index contributed by atoms with van der Waals surface area (Å²) in [4.78, 5) is 24.8. The van der Waals surface area contributed by atoms with Gasteiger partial charge in [-0.15, -0.1) is 0 Å². The molecular formula is C16H9ClN2O3S2. The van der Waals surface area contributed by atoms with Gasteiger partial charge in [0.25, 0.3) is 11.6 Å². The molecule has 0 aliphatic carbocycles. The molecule has 2 aromatic rings. The number of halogens is 1. The minimum absolute atomic E-state index is 0.0500. The van der Waals surface area contributed by atoms with Crippen molar-refractivity contribution in [3.05, 3.63) is 74.1 Å². The molecule has 1 amide bonds. The van der Waals surface area contributed by atoms with Crippen molar-refractivity contribution in [3.8, 4) is 0 Å². The van der Waals surface area contributed by atoms with E-state index < -0.39 is 4.92 Å². The zero-order chi connectivity index (χ0) is 17.3. The summed E-state index contributed by atoms with van der Waals surface area (Å²) in [6.07, 6.45) is 1.57. The van der Waals surface area contributed by atoms with Gasteiger partial charge in [0.2, 0.25) is 0 Å². The highest BCUT2D eigenvalue weighted by Crippen LogP contribution is 2.36. The number of para-hydroxylation sites is 1. The Morgan fingerprint density at radius 3 is 2.58 bits per heavy atom. The van der Waals surface area contributed by atoms with Crippen molar-refractivity contribution >= 4 is 63.3 Å². The van der Waals surface area contributed by atoms with Crippen molar-refractivity contribution in [2.75, 3.05) is 4.90 Å². The van der Waals surface area contributed by atoms with E-state index in [1.807, 2.05) is 18.2 Å². The van der Waals surface area contributed by atoms with Crippen molar-refractivity contribution < 1.29 is 9.72 Å². The lowest BCUT2D eigenvalue weighted by Gasteiger charge is -2.13. The van der Waals surface area contributed by atoms with E-state index in [4.69, 9.17) is 23.8 Å². The Balaban J connectivity index is 1.95.